The molecule has 1 atom stereocenters. The fourth-order valence-electron chi connectivity index (χ4n) is 1.18. The molecule has 0 saturated heterocycles. The van der Waals surface area contributed by atoms with Crippen molar-refractivity contribution in [3.8, 4) is 0 Å². The first-order valence-electron chi connectivity index (χ1n) is 4.55. The lowest BCUT2D eigenvalue weighted by molar-refractivity contribution is 0.160. The summed E-state index contributed by atoms with van der Waals surface area (Å²) < 4.78 is 0. The molecular formula is C11H16O. The summed E-state index contributed by atoms with van der Waals surface area (Å²) in [5.74, 6) is 0. The highest BCUT2D eigenvalue weighted by atomic mass is 16.3. The molecule has 0 aliphatic heterocycles. The van der Waals surface area contributed by atoms with E-state index in [4.69, 9.17) is 0 Å². The molecule has 0 radical (unpaired) electrons. The van der Waals surface area contributed by atoms with Crippen LogP contribution in [0.25, 0.3) is 0 Å². The Hall–Kier alpha value is -0.820. The van der Waals surface area contributed by atoms with Gasteiger partial charge in [-0.3, -0.25) is 0 Å². The highest BCUT2D eigenvalue weighted by Gasteiger charge is 2.00. The molecule has 0 aliphatic carbocycles. The van der Waals surface area contributed by atoms with Crippen molar-refractivity contribution in [2.75, 3.05) is 0 Å². The van der Waals surface area contributed by atoms with Crippen LogP contribution in [0, 0.1) is 0 Å². The zero-order valence-corrected chi connectivity index (χ0v) is 7.53. The largest absolute Gasteiger partial charge is 0.393 e. The average Bonchev–Trinajstić information content (AvgIpc) is 2.16. The molecule has 0 spiro atoms. The fraction of sp³-hybridized carbons (Fsp3) is 0.455. The summed E-state index contributed by atoms with van der Waals surface area (Å²) in [5.41, 5.74) is 1.31. The summed E-state index contributed by atoms with van der Waals surface area (Å²) in [6.45, 7) is 2.01. The maximum Gasteiger partial charge on any atom is 0.0540 e. The quantitative estimate of drug-likeness (QED) is 0.724. The topological polar surface area (TPSA) is 20.2 Å². The molecule has 1 rings (SSSR count). The van der Waals surface area contributed by atoms with Crippen molar-refractivity contribution in [2.24, 2.45) is 0 Å². The van der Waals surface area contributed by atoms with E-state index in [0.29, 0.717) is 0 Å². The van der Waals surface area contributed by atoms with Crippen LogP contribution in [-0.4, -0.2) is 11.2 Å². The second kappa shape index (κ2) is 4.94. The lowest BCUT2D eigenvalue weighted by Crippen LogP contribution is -2.05. The Balaban J connectivity index is 2.33. The number of aryl methyl sites for hydroxylation is 1. The van der Waals surface area contributed by atoms with Gasteiger partial charge in [0, 0.05) is 0 Å². The van der Waals surface area contributed by atoms with E-state index in [0.717, 1.165) is 19.3 Å². The highest BCUT2D eigenvalue weighted by Crippen LogP contribution is 2.06. The fourth-order valence-corrected chi connectivity index (χ4v) is 1.18. The molecule has 0 saturated carbocycles. The molecule has 12 heavy (non-hydrogen) atoms. The van der Waals surface area contributed by atoms with Gasteiger partial charge in [-0.2, -0.15) is 0 Å². The zero-order valence-electron chi connectivity index (χ0n) is 7.53. The van der Waals surface area contributed by atoms with Crippen molar-refractivity contribution in [1.29, 1.82) is 0 Å². The number of aliphatic hydroxyl groups excluding tert-OH is 1. The van der Waals surface area contributed by atoms with Crippen LogP contribution >= 0.6 is 0 Å². The molecule has 1 nitrogen and oxygen atoms in total. The molecule has 0 fully saturated rings. The van der Waals surface area contributed by atoms with Gasteiger partial charge in [0.25, 0.3) is 0 Å². The van der Waals surface area contributed by atoms with E-state index in [-0.39, 0.29) is 6.10 Å². The van der Waals surface area contributed by atoms with E-state index in [2.05, 4.69) is 12.1 Å². The third-order valence-electron chi connectivity index (χ3n) is 2.08. The number of hydrogen-bond acceptors (Lipinski definition) is 1. The predicted octanol–water partition coefficient (Wildman–Crippen LogP) is 2.39. The monoisotopic (exact) mass is 164 g/mol. The van der Waals surface area contributed by atoms with Crippen LogP contribution in [0.5, 0.6) is 0 Å². The van der Waals surface area contributed by atoms with Gasteiger partial charge in [0.15, 0.2) is 0 Å². The van der Waals surface area contributed by atoms with Crippen LogP contribution in [0.4, 0.5) is 0 Å². The number of hydrogen-bond donors (Lipinski definition) is 1. The number of aliphatic hydroxyl groups is 1. The van der Waals surface area contributed by atoms with E-state index in [1.165, 1.54) is 5.56 Å². The van der Waals surface area contributed by atoms with Crippen LogP contribution in [0.15, 0.2) is 30.3 Å². The second-order valence-corrected chi connectivity index (χ2v) is 3.09. The van der Waals surface area contributed by atoms with Gasteiger partial charge in [-0.25, -0.2) is 0 Å². The van der Waals surface area contributed by atoms with E-state index in [1.54, 1.807) is 0 Å². The zero-order chi connectivity index (χ0) is 8.81. The maximum atomic E-state index is 9.32. The maximum absolute atomic E-state index is 9.32. The average molecular weight is 164 g/mol. The molecule has 0 aliphatic rings. The molecule has 0 amide bonds. The molecular weight excluding hydrogens is 148 g/mol. The van der Waals surface area contributed by atoms with Gasteiger partial charge in [-0.05, 0) is 24.8 Å². The molecule has 0 bridgehead atoms. The first-order chi connectivity index (χ1) is 5.83. The molecule has 1 aromatic carbocycles. The van der Waals surface area contributed by atoms with E-state index < -0.39 is 0 Å². The molecule has 0 aromatic heterocycles. The first-order valence-corrected chi connectivity index (χ1v) is 4.55. The number of benzene rings is 1. The Morgan fingerprint density at radius 3 is 2.50 bits per heavy atom. The van der Waals surface area contributed by atoms with Crippen LogP contribution in [-0.2, 0) is 6.42 Å². The van der Waals surface area contributed by atoms with Gasteiger partial charge in [-0.15, -0.1) is 0 Å². The van der Waals surface area contributed by atoms with Gasteiger partial charge in [0.05, 0.1) is 6.10 Å². The van der Waals surface area contributed by atoms with Crippen molar-refractivity contribution in [1.82, 2.24) is 0 Å². The van der Waals surface area contributed by atoms with Crippen LogP contribution in [0.2, 0.25) is 0 Å². The highest BCUT2D eigenvalue weighted by molar-refractivity contribution is 5.14. The SMILES string of the molecule is CC[C@H](O)CCc1ccccc1. The molecule has 0 unspecified atom stereocenters. The predicted molar refractivity (Wildman–Crippen MR) is 51.1 cm³/mol. The summed E-state index contributed by atoms with van der Waals surface area (Å²) in [7, 11) is 0. The summed E-state index contributed by atoms with van der Waals surface area (Å²) in [4.78, 5) is 0. The van der Waals surface area contributed by atoms with Crippen LogP contribution in [0.3, 0.4) is 0 Å². The minimum atomic E-state index is -0.134. The Bertz CT molecular complexity index is 206. The summed E-state index contributed by atoms with van der Waals surface area (Å²) in [6.07, 6.45) is 2.58. The van der Waals surface area contributed by atoms with Crippen molar-refractivity contribution in [3.05, 3.63) is 35.9 Å². The summed E-state index contributed by atoms with van der Waals surface area (Å²) >= 11 is 0. The minimum Gasteiger partial charge on any atom is -0.393 e. The molecule has 1 aromatic rings. The smallest absolute Gasteiger partial charge is 0.0540 e. The Morgan fingerprint density at radius 1 is 1.25 bits per heavy atom. The normalized spacial score (nSPS) is 12.8. The Morgan fingerprint density at radius 2 is 1.92 bits per heavy atom. The first kappa shape index (κ1) is 9.27. The van der Waals surface area contributed by atoms with Crippen molar-refractivity contribution in [3.63, 3.8) is 0 Å². The standard InChI is InChI=1S/C11H16O/c1-2-11(12)9-8-10-6-4-3-5-7-10/h3-7,11-12H,2,8-9H2,1H3/t11-/m0/s1. The lowest BCUT2D eigenvalue weighted by atomic mass is 10.1. The molecule has 66 valence electrons. The van der Waals surface area contributed by atoms with Gasteiger partial charge >= 0.3 is 0 Å². The molecule has 0 heterocycles. The van der Waals surface area contributed by atoms with E-state index in [1.807, 2.05) is 25.1 Å². The third-order valence-corrected chi connectivity index (χ3v) is 2.08. The number of rotatable bonds is 4. The van der Waals surface area contributed by atoms with Crippen molar-refractivity contribution >= 4 is 0 Å². The van der Waals surface area contributed by atoms with E-state index in [9.17, 15) is 5.11 Å². The van der Waals surface area contributed by atoms with Gasteiger partial charge in [-0.1, -0.05) is 37.3 Å². The van der Waals surface area contributed by atoms with Gasteiger partial charge in [0.1, 0.15) is 0 Å². The third kappa shape index (κ3) is 3.05. The summed E-state index contributed by atoms with van der Waals surface area (Å²) in [5, 5.41) is 9.32. The van der Waals surface area contributed by atoms with E-state index >= 15 is 0 Å². The summed E-state index contributed by atoms with van der Waals surface area (Å²) in [6, 6.07) is 10.3. The molecule has 1 heteroatoms. The van der Waals surface area contributed by atoms with Crippen LogP contribution in [0.1, 0.15) is 25.3 Å². The lowest BCUT2D eigenvalue weighted by Gasteiger charge is -2.06. The Labute approximate surface area is 74.1 Å². The Kier molecular flexibility index (Phi) is 3.81. The van der Waals surface area contributed by atoms with Crippen molar-refractivity contribution in [2.45, 2.75) is 32.3 Å². The van der Waals surface area contributed by atoms with Crippen LogP contribution < -0.4 is 0 Å². The van der Waals surface area contributed by atoms with Gasteiger partial charge in [0.2, 0.25) is 0 Å². The van der Waals surface area contributed by atoms with Gasteiger partial charge < -0.3 is 5.11 Å². The second-order valence-electron chi connectivity index (χ2n) is 3.09. The molecule has 1 N–H and O–H groups in total. The minimum absolute atomic E-state index is 0.134. The van der Waals surface area contributed by atoms with Crippen molar-refractivity contribution < 1.29 is 5.11 Å².